The van der Waals surface area contributed by atoms with E-state index in [0.717, 1.165) is 26.1 Å². The van der Waals surface area contributed by atoms with Crippen LogP contribution in [0.4, 0.5) is 4.39 Å². The van der Waals surface area contributed by atoms with Gasteiger partial charge in [0.1, 0.15) is 17.3 Å². The second-order valence-electron chi connectivity index (χ2n) is 8.72. The van der Waals surface area contributed by atoms with Crippen LogP contribution in [0.5, 0.6) is 5.75 Å². The molecule has 0 unspecified atom stereocenters. The van der Waals surface area contributed by atoms with E-state index >= 15 is 0 Å². The van der Waals surface area contributed by atoms with Crippen LogP contribution in [0.15, 0.2) is 54.1 Å². The third-order valence-electron chi connectivity index (χ3n) is 6.30. The van der Waals surface area contributed by atoms with E-state index in [1.54, 1.807) is 12.1 Å². The molecule has 0 bridgehead atoms. The Kier molecular flexibility index (Phi) is 8.15. The summed E-state index contributed by atoms with van der Waals surface area (Å²) in [4.78, 5) is 30.0. The number of hydrogen-bond donors (Lipinski definition) is 1. The van der Waals surface area contributed by atoms with E-state index in [-0.39, 0.29) is 16.9 Å². The Bertz CT molecular complexity index is 1060. The number of amides is 1. The smallest absolute Gasteiger partial charge is 0.295 e. The molecule has 0 spiro atoms. The number of aliphatic hydroxyl groups excluding tert-OH is 1. The molecule has 2 fully saturated rings. The predicted octanol–water partition coefficient (Wildman–Crippen LogP) is 3.76. The molecule has 35 heavy (non-hydrogen) atoms. The molecule has 1 amide bonds. The van der Waals surface area contributed by atoms with Gasteiger partial charge in [0.15, 0.2) is 0 Å². The molecule has 2 heterocycles. The maximum Gasteiger partial charge on any atom is 0.295 e. The molecule has 4 rings (SSSR count). The van der Waals surface area contributed by atoms with Crippen molar-refractivity contribution >= 4 is 17.4 Å². The first-order valence-corrected chi connectivity index (χ1v) is 12.1. The number of ketones is 1. The second kappa shape index (κ2) is 11.5. The highest BCUT2D eigenvalue weighted by Gasteiger charge is 2.45. The number of rotatable bonds is 9. The number of hydrogen-bond acceptors (Lipinski definition) is 6. The minimum atomic E-state index is -0.745. The number of halogens is 1. The molecular weight excluding hydrogens is 451 g/mol. The van der Waals surface area contributed by atoms with Crippen LogP contribution in [0.3, 0.4) is 0 Å². The van der Waals surface area contributed by atoms with Crippen LogP contribution in [-0.2, 0) is 14.3 Å². The van der Waals surface area contributed by atoms with E-state index in [9.17, 15) is 19.1 Å². The lowest BCUT2D eigenvalue weighted by Crippen LogP contribution is -2.38. The number of nitrogens with zero attached hydrogens (tertiary/aromatic N) is 2. The molecule has 1 N–H and O–H groups in total. The summed E-state index contributed by atoms with van der Waals surface area (Å²) in [5.74, 6) is -1.46. The van der Waals surface area contributed by atoms with E-state index in [1.807, 2.05) is 19.1 Å². The van der Waals surface area contributed by atoms with E-state index in [2.05, 4.69) is 4.90 Å². The van der Waals surface area contributed by atoms with Gasteiger partial charge in [-0.1, -0.05) is 19.1 Å². The Morgan fingerprint density at radius 3 is 2.40 bits per heavy atom. The van der Waals surface area contributed by atoms with Crippen LogP contribution in [0.1, 0.15) is 36.9 Å². The summed E-state index contributed by atoms with van der Waals surface area (Å²) in [6.07, 6.45) is 1.56. The molecule has 2 aromatic carbocycles. The number of benzene rings is 2. The van der Waals surface area contributed by atoms with Crippen LogP contribution in [-0.4, -0.2) is 72.6 Å². The van der Waals surface area contributed by atoms with E-state index < -0.39 is 23.5 Å². The van der Waals surface area contributed by atoms with Gasteiger partial charge in [-0.3, -0.25) is 14.5 Å². The van der Waals surface area contributed by atoms with Gasteiger partial charge in [0.25, 0.3) is 11.7 Å². The molecule has 0 aromatic heterocycles. The van der Waals surface area contributed by atoms with Crippen molar-refractivity contribution in [2.75, 3.05) is 46.0 Å². The van der Waals surface area contributed by atoms with Crippen molar-refractivity contribution < 1.29 is 28.6 Å². The van der Waals surface area contributed by atoms with Gasteiger partial charge in [-0.05, 0) is 54.8 Å². The van der Waals surface area contributed by atoms with Crippen LogP contribution in [0, 0.1) is 5.82 Å². The number of ether oxygens (including phenoxy) is 2. The number of morpholine rings is 1. The minimum absolute atomic E-state index is 0.00945. The first kappa shape index (κ1) is 24.9. The molecule has 0 aliphatic carbocycles. The highest BCUT2D eigenvalue weighted by Crippen LogP contribution is 2.40. The van der Waals surface area contributed by atoms with Gasteiger partial charge in [0, 0.05) is 31.7 Å². The van der Waals surface area contributed by atoms with E-state index in [4.69, 9.17) is 9.47 Å². The summed E-state index contributed by atoms with van der Waals surface area (Å²) >= 11 is 0. The lowest BCUT2D eigenvalue weighted by Gasteiger charge is -2.29. The standard InChI is InChI=1S/C27H31FN2O5/c1-2-16-35-22-10-6-19(7-11-22)24-23(25(31)20-4-8-21(28)9-5-20)26(32)27(33)30(24)13-3-12-29-14-17-34-18-15-29/h4-11,24,31H,2-3,12-18H2,1H3/b25-23+/t24-/m1/s1. The Morgan fingerprint density at radius 1 is 1.06 bits per heavy atom. The topological polar surface area (TPSA) is 79.3 Å². The maximum atomic E-state index is 13.4. The summed E-state index contributed by atoms with van der Waals surface area (Å²) in [5, 5.41) is 11.1. The molecule has 2 aliphatic heterocycles. The highest BCUT2D eigenvalue weighted by molar-refractivity contribution is 6.46. The average Bonchev–Trinajstić information content (AvgIpc) is 3.13. The molecule has 7 nitrogen and oxygen atoms in total. The molecule has 2 aliphatic rings. The van der Waals surface area contributed by atoms with Crippen molar-refractivity contribution in [3.63, 3.8) is 0 Å². The summed E-state index contributed by atoms with van der Waals surface area (Å²) in [6.45, 7) is 6.81. The Hall–Kier alpha value is -3.23. The highest BCUT2D eigenvalue weighted by atomic mass is 19.1. The van der Waals surface area contributed by atoms with Crippen LogP contribution < -0.4 is 4.74 Å². The normalized spacial score (nSPS) is 20.4. The lowest BCUT2D eigenvalue weighted by molar-refractivity contribution is -0.140. The monoisotopic (exact) mass is 482 g/mol. The van der Waals surface area contributed by atoms with Crippen molar-refractivity contribution in [1.82, 2.24) is 9.80 Å². The summed E-state index contributed by atoms with van der Waals surface area (Å²) < 4.78 is 24.5. The van der Waals surface area contributed by atoms with Crippen LogP contribution in [0.2, 0.25) is 0 Å². The third-order valence-corrected chi connectivity index (χ3v) is 6.30. The number of carbonyl (C=O) groups excluding carboxylic acids is 2. The number of carbonyl (C=O) groups is 2. The minimum Gasteiger partial charge on any atom is -0.507 e. The SMILES string of the molecule is CCCOc1ccc([C@@H]2/C(=C(\O)c3ccc(F)cc3)C(=O)C(=O)N2CCCN2CCOCC2)cc1. The van der Waals surface area contributed by atoms with Gasteiger partial charge >= 0.3 is 0 Å². The van der Waals surface area contributed by atoms with Gasteiger partial charge < -0.3 is 19.5 Å². The molecule has 0 radical (unpaired) electrons. The molecule has 186 valence electrons. The third kappa shape index (κ3) is 5.71. The fourth-order valence-electron chi connectivity index (χ4n) is 4.48. The van der Waals surface area contributed by atoms with Crippen molar-refractivity contribution in [3.05, 3.63) is 71.0 Å². The first-order valence-electron chi connectivity index (χ1n) is 12.1. The quantitative estimate of drug-likeness (QED) is 0.333. The van der Waals surface area contributed by atoms with Crippen molar-refractivity contribution in [3.8, 4) is 5.75 Å². The Morgan fingerprint density at radius 2 is 1.74 bits per heavy atom. The van der Waals surface area contributed by atoms with Gasteiger partial charge in [-0.15, -0.1) is 0 Å². The molecule has 2 saturated heterocycles. The zero-order valence-corrected chi connectivity index (χ0v) is 19.9. The second-order valence-corrected chi connectivity index (χ2v) is 8.72. The lowest BCUT2D eigenvalue weighted by atomic mass is 9.95. The number of aliphatic hydroxyl groups is 1. The first-order chi connectivity index (χ1) is 17.0. The largest absolute Gasteiger partial charge is 0.507 e. The molecular formula is C27H31FN2O5. The van der Waals surface area contributed by atoms with Gasteiger partial charge in [-0.2, -0.15) is 0 Å². The van der Waals surface area contributed by atoms with Gasteiger partial charge in [-0.25, -0.2) is 4.39 Å². The van der Waals surface area contributed by atoms with Crippen LogP contribution >= 0.6 is 0 Å². The Labute approximate surface area is 204 Å². The predicted molar refractivity (Wildman–Crippen MR) is 130 cm³/mol. The van der Waals surface area contributed by atoms with E-state index in [0.29, 0.717) is 44.1 Å². The summed E-state index contributed by atoms with van der Waals surface area (Å²) in [5.41, 5.74) is 0.990. The number of likely N-dealkylation sites (tertiary alicyclic amines) is 1. The summed E-state index contributed by atoms with van der Waals surface area (Å²) in [6, 6.07) is 11.7. The van der Waals surface area contributed by atoms with Gasteiger partial charge in [0.05, 0.1) is 31.4 Å². The number of Topliss-reactive ketones (excluding diaryl/α,β-unsaturated/α-hetero) is 1. The molecule has 1 atom stereocenters. The fraction of sp³-hybridized carbons (Fsp3) is 0.407. The summed E-state index contributed by atoms with van der Waals surface area (Å²) in [7, 11) is 0. The molecule has 2 aromatic rings. The maximum absolute atomic E-state index is 13.4. The van der Waals surface area contributed by atoms with Crippen molar-refractivity contribution in [2.24, 2.45) is 0 Å². The molecule has 8 heteroatoms. The van der Waals surface area contributed by atoms with Crippen molar-refractivity contribution in [2.45, 2.75) is 25.8 Å². The van der Waals surface area contributed by atoms with Gasteiger partial charge in [0.2, 0.25) is 0 Å². The average molecular weight is 483 g/mol. The van der Waals surface area contributed by atoms with Crippen molar-refractivity contribution in [1.29, 1.82) is 0 Å². The zero-order valence-electron chi connectivity index (χ0n) is 19.9. The Balaban J connectivity index is 1.64. The van der Waals surface area contributed by atoms with Crippen LogP contribution in [0.25, 0.3) is 5.76 Å². The zero-order chi connectivity index (χ0) is 24.8. The fourth-order valence-corrected chi connectivity index (χ4v) is 4.48. The molecule has 0 saturated carbocycles. The van der Waals surface area contributed by atoms with E-state index in [1.165, 1.54) is 29.2 Å².